The molecule has 0 amide bonds. The Hall–Kier alpha value is -0.780. The summed E-state index contributed by atoms with van der Waals surface area (Å²) in [5.74, 6) is -0.837. The zero-order valence-electron chi connectivity index (χ0n) is 9.13. The van der Waals surface area contributed by atoms with Gasteiger partial charge in [-0.2, -0.15) is 0 Å². The van der Waals surface area contributed by atoms with E-state index in [1.807, 2.05) is 0 Å². The number of halogens is 4. The van der Waals surface area contributed by atoms with Crippen molar-refractivity contribution in [2.75, 3.05) is 0 Å². The summed E-state index contributed by atoms with van der Waals surface area (Å²) in [6, 6.07) is 8.46. The van der Waals surface area contributed by atoms with Gasteiger partial charge in [0.2, 0.25) is 0 Å². The summed E-state index contributed by atoms with van der Waals surface area (Å²) in [6.45, 7) is 0. The first-order valence-electron chi connectivity index (χ1n) is 5.14. The fourth-order valence-corrected chi connectivity index (χ4v) is 2.56. The van der Waals surface area contributed by atoms with E-state index >= 15 is 0 Å². The van der Waals surface area contributed by atoms with Gasteiger partial charge in [0.25, 0.3) is 0 Å². The molecule has 0 heterocycles. The Morgan fingerprint density at radius 1 is 1.06 bits per heavy atom. The van der Waals surface area contributed by atoms with Crippen molar-refractivity contribution >= 4 is 31.9 Å². The molecule has 0 spiro atoms. The van der Waals surface area contributed by atoms with Crippen LogP contribution >= 0.6 is 31.9 Å². The van der Waals surface area contributed by atoms with Gasteiger partial charge in [0.15, 0.2) is 0 Å². The molecule has 0 radical (unpaired) electrons. The van der Waals surface area contributed by atoms with E-state index in [0.717, 1.165) is 0 Å². The molecule has 94 valence electrons. The first-order valence-corrected chi connectivity index (χ1v) is 6.73. The van der Waals surface area contributed by atoms with Crippen molar-refractivity contribution in [1.29, 1.82) is 0 Å². The Bertz CT molecular complexity index is 567. The number of benzene rings is 2. The third-order valence-corrected chi connectivity index (χ3v) is 3.63. The first kappa shape index (κ1) is 13.6. The molecule has 2 rings (SSSR count). The molecule has 0 saturated carbocycles. The van der Waals surface area contributed by atoms with Crippen LogP contribution in [0.25, 0.3) is 0 Å². The number of nitrogens with two attached hydrogens (primary N) is 1. The minimum Gasteiger partial charge on any atom is -0.320 e. The van der Waals surface area contributed by atoms with Crippen LogP contribution in [-0.4, -0.2) is 0 Å². The molecule has 0 bridgehead atoms. The lowest BCUT2D eigenvalue weighted by Crippen LogP contribution is -2.14. The Morgan fingerprint density at radius 3 is 2.44 bits per heavy atom. The van der Waals surface area contributed by atoms with Gasteiger partial charge in [-0.15, -0.1) is 0 Å². The summed E-state index contributed by atoms with van der Waals surface area (Å²) in [7, 11) is 0. The minimum absolute atomic E-state index is 0.321. The third kappa shape index (κ3) is 2.79. The molecule has 18 heavy (non-hydrogen) atoms. The number of rotatable bonds is 2. The average molecular weight is 377 g/mol. The van der Waals surface area contributed by atoms with Crippen molar-refractivity contribution in [2.45, 2.75) is 6.04 Å². The smallest absolute Gasteiger partial charge is 0.142 e. The summed E-state index contributed by atoms with van der Waals surface area (Å²) in [4.78, 5) is 0. The van der Waals surface area contributed by atoms with E-state index in [1.54, 1.807) is 24.3 Å². The van der Waals surface area contributed by atoms with Crippen molar-refractivity contribution in [3.05, 3.63) is 68.1 Å². The van der Waals surface area contributed by atoms with Crippen LogP contribution in [-0.2, 0) is 0 Å². The molecule has 0 aromatic heterocycles. The van der Waals surface area contributed by atoms with Gasteiger partial charge in [-0.1, -0.05) is 28.1 Å². The predicted molar refractivity (Wildman–Crippen MR) is 74.2 cm³/mol. The van der Waals surface area contributed by atoms with Crippen LogP contribution in [0.5, 0.6) is 0 Å². The fourth-order valence-electron chi connectivity index (χ4n) is 1.69. The summed E-state index contributed by atoms with van der Waals surface area (Å²) in [5.41, 5.74) is 6.81. The molecule has 5 heteroatoms. The van der Waals surface area contributed by atoms with E-state index in [2.05, 4.69) is 31.9 Å². The Balaban J connectivity index is 2.47. The number of hydrogen-bond donors (Lipinski definition) is 1. The van der Waals surface area contributed by atoms with E-state index in [4.69, 9.17) is 5.73 Å². The second kappa shape index (κ2) is 5.47. The highest BCUT2D eigenvalue weighted by Crippen LogP contribution is 2.28. The van der Waals surface area contributed by atoms with Crippen LogP contribution in [0.3, 0.4) is 0 Å². The minimum atomic E-state index is -0.713. The van der Waals surface area contributed by atoms with Crippen molar-refractivity contribution < 1.29 is 8.78 Å². The standard InChI is InChI=1S/C13H9Br2F2N/c14-8-4-7(5-9(16)6-8)13(18)10-2-1-3-11(15)12(10)17/h1-6,13H,18H2. The van der Waals surface area contributed by atoms with E-state index in [-0.39, 0.29) is 0 Å². The van der Waals surface area contributed by atoms with Crippen LogP contribution in [0.1, 0.15) is 17.2 Å². The Morgan fingerprint density at radius 2 is 1.78 bits per heavy atom. The molecule has 2 N–H and O–H groups in total. The largest absolute Gasteiger partial charge is 0.320 e. The summed E-state index contributed by atoms with van der Waals surface area (Å²) >= 11 is 6.29. The quantitative estimate of drug-likeness (QED) is 0.818. The third-order valence-electron chi connectivity index (χ3n) is 2.56. The Labute approximate surface area is 120 Å². The Kier molecular flexibility index (Phi) is 4.14. The van der Waals surface area contributed by atoms with E-state index in [0.29, 0.717) is 20.1 Å². The topological polar surface area (TPSA) is 26.0 Å². The van der Waals surface area contributed by atoms with Crippen LogP contribution in [0.2, 0.25) is 0 Å². The lowest BCUT2D eigenvalue weighted by molar-refractivity contribution is 0.590. The molecule has 1 unspecified atom stereocenters. The lowest BCUT2D eigenvalue weighted by Gasteiger charge is -2.14. The summed E-state index contributed by atoms with van der Waals surface area (Å²) in [6.07, 6.45) is 0. The van der Waals surface area contributed by atoms with Gasteiger partial charge < -0.3 is 5.73 Å². The van der Waals surface area contributed by atoms with Crippen LogP contribution in [0.15, 0.2) is 45.3 Å². The van der Waals surface area contributed by atoms with E-state index in [1.165, 1.54) is 12.1 Å². The molecule has 1 nitrogen and oxygen atoms in total. The van der Waals surface area contributed by atoms with Gasteiger partial charge in [-0.05, 0) is 45.8 Å². The summed E-state index contributed by atoms with van der Waals surface area (Å²) < 4.78 is 28.1. The van der Waals surface area contributed by atoms with Gasteiger partial charge in [0.1, 0.15) is 11.6 Å². The van der Waals surface area contributed by atoms with Crippen molar-refractivity contribution in [2.24, 2.45) is 5.73 Å². The highest BCUT2D eigenvalue weighted by Gasteiger charge is 2.16. The van der Waals surface area contributed by atoms with Gasteiger partial charge in [0.05, 0.1) is 10.5 Å². The zero-order chi connectivity index (χ0) is 13.3. The molecule has 0 aliphatic rings. The van der Waals surface area contributed by atoms with Crippen LogP contribution in [0.4, 0.5) is 8.78 Å². The van der Waals surface area contributed by atoms with E-state index in [9.17, 15) is 8.78 Å². The highest BCUT2D eigenvalue weighted by atomic mass is 79.9. The van der Waals surface area contributed by atoms with E-state index < -0.39 is 17.7 Å². The molecule has 1 atom stereocenters. The average Bonchev–Trinajstić information content (AvgIpc) is 2.30. The number of hydrogen-bond acceptors (Lipinski definition) is 1. The maximum Gasteiger partial charge on any atom is 0.142 e. The highest BCUT2D eigenvalue weighted by molar-refractivity contribution is 9.10. The van der Waals surface area contributed by atoms with Gasteiger partial charge in [0, 0.05) is 10.0 Å². The molecule has 0 aliphatic heterocycles. The molecule has 2 aromatic rings. The van der Waals surface area contributed by atoms with Crippen molar-refractivity contribution in [3.8, 4) is 0 Å². The molecule has 0 fully saturated rings. The van der Waals surface area contributed by atoms with Gasteiger partial charge >= 0.3 is 0 Å². The van der Waals surface area contributed by atoms with Crippen LogP contribution in [0, 0.1) is 11.6 Å². The molecular weight excluding hydrogens is 368 g/mol. The normalized spacial score (nSPS) is 12.5. The maximum atomic E-state index is 13.9. The second-order valence-electron chi connectivity index (χ2n) is 3.82. The van der Waals surface area contributed by atoms with Crippen molar-refractivity contribution in [3.63, 3.8) is 0 Å². The monoisotopic (exact) mass is 375 g/mol. The predicted octanol–water partition coefficient (Wildman–Crippen LogP) is 4.54. The van der Waals surface area contributed by atoms with Crippen molar-refractivity contribution in [1.82, 2.24) is 0 Å². The molecule has 0 saturated heterocycles. The lowest BCUT2D eigenvalue weighted by atomic mass is 9.99. The van der Waals surface area contributed by atoms with Gasteiger partial charge in [-0.3, -0.25) is 0 Å². The zero-order valence-corrected chi connectivity index (χ0v) is 12.3. The summed E-state index contributed by atoms with van der Waals surface area (Å²) in [5, 5.41) is 0. The fraction of sp³-hybridized carbons (Fsp3) is 0.0769. The van der Waals surface area contributed by atoms with Crippen LogP contribution < -0.4 is 5.73 Å². The van der Waals surface area contributed by atoms with Gasteiger partial charge in [-0.25, -0.2) is 8.78 Å². The second-order valence-corrected chi connectivity index (χ2v) is 5.59. The maximum absolute atomic E-state index is 13.9. The molecular formula is C13H9Br2F2N. The first-order chi connectivity index (χ1) is 8.49. The molecule has 0 aliphatic carbocycles. The SMILES string of the molecule is NC(c1cc(F)cc(Br)c1)c1cccc(Br)c1F. The molecule has 2 aromatic carbocycles.